The van der Waals surface area contributed by atoms with Gasteiger partial charge in [0.05, 0.1) is 11.8 Å². The number of rotatable bonds is 8. The SMILES string of the molecule is CC(C)CC(C(=O)OCC(=O)N1CCC(Cc2ccccc2)CC1)N1C(=O)C2CC=CCC2C1=O. The van der Waals surface area contributed by atoms with Crippen LogP contribution in [-0.4, -0.2) is 59.2 Å². The van der Waals surface area contributed by atoms with E-state index in [2.05, 4.69) is 12.1 Å². The summed E-state index contributed by atoms with van der Waals surface area (Å²) in [6.07, 6.45) is 8.05. The van der Waals surface area contributed by atoms with Crippen LogP contribution >= 0.6 is 0 Å². The van der Waals surface area contributed by atoms with Gasteiger partial charge >= 0.3 is 5.97 Å². The maximum Gasteiger partial charge on any atom is 0.329 e. The van der Waals surface area contributed by atoms with Crippen LogP contribution in [-0.2, 0) is 30.3 Å². The maximum absolute atomic E-state index is 13.1. The smallest absolute Gasteiger partial charge is 0.329 e. The van der Waals surface area contributed by atoms with Crippen LogP contribution in [0.5, 0.6) is 0 Å². The number of hydrogen-bond donors (Lipinski definition) is 0. The van der Waals surface area contributed by atoms with Crippen molar-refractivity contribution >= 4 is 23.7 Å². The van der Waals surface area contributed by atoms with E-state index in [4.69, 9.17) is 4.74 Å². The number of likely N-dealkylation sites (tertiary alicyclic amines) is 2. The number of hydrogen-bond acceptors (Lipinski definition) is 5. The van der Waals surface area contributed by atoms with E-state index in [0.717, 1.165) is 24.2 Å². The molecule has 35 heavy (non-hydrogen) atoms. The molecule has 7 heteroatoms. The molecule has 4 rings (SSSR count). The van der Waals surface area contributed by atoms with Gasteiger partial charge in [0.15, 0.2) is 6.61 Å². The number of fused-ring (bicyclic) bond motifs is 1. The zero-order valence-electron chi connectivity index (χ0n) is 20.7. The Morgan fingerprint density at radius 3 is 2.14 bits per heavy atom. The second-order valence-electron chi connectivity index (χ2n) is 10.5. The molecule has 0 radical (unpaired) electrons. The number of amides is 3. The van der Waals surface area contributed by atoms with E-state index in [9.17, 15) is 19.2 Å². The topological polar surface area (TPSA) is 84.0 Å². The number of carbonyl (C=O) groups excluding carboxylic acids is 4. The van der Waals surface area contributed by atoms with E-state index in [1.165, 1.54) is 5.56 Å². The van der Waals surface area contributed by atoms with Gasteiger partial charge in [-0.1, -0.05) is 56.3 Å². The lowest BCUT2D eigenvalue weighted by Crippen LogP contribution is -2.48. The summed E-state index contributed by atoms with van der Waals surface area (Å²) in [5, 5.41) is 0. The van der Waals surface area contributed by atoms with Crippen molar-refractivity contribution in [1.29, 1.82) is 0 Å². The van der Waals surface area contributed by atoms with Gasteiger partial charge in [-0.3, -0.25) is 19.3 Å². The fraction of sp³-hybridized carbons (Fsp3) is 0.571. The van der Waals surface area contributed by atoms with Crippen LogP contribution < -0.4 is 0 Å². The highest BCUT2D eigenvalue weighted by Gasteiger charge is 2.51. The molecule has 7 nitrogen and oxygen atoms in total. The summed E-state index contributed by atoms with van der Waals surface area (Å²) < 4.78 is 5.41. The third-order valence-corrected chi connectivity index (χ3v) is 7.49. The molecule has 0 bridgehead atoms. The summed E-state index contributed by atoms with van der Waals surface area (Å²) in [5.41, 5.74) is 1.31. The molecule has 0 aromatic heterocycles. The number of allylic oxidation sites excluding steroid dienone is 2. The summed E-state index contributed by atoms with van der Waals surface area (Å²) >= 11 is 0. The molecule has 2 saturated heterocycles. The van der Waals surface area contributed by atoms with E-state index >= 15 is 0 Å². The standard InChI is InChI=1S/C28H36N2O5/c1-19(2)16-24(30-26(32)22-10-6-7-11-23(22)27(30)33)28(34)35-18-25(31)29-14-12-21(13-15-29)17-20-8-4-3-5-9-20/h3-9,19,21-24H,10-18H2,1-2H3. The number of benzene rings is 1. The molecule has 1 aliphatic carbocycles. The normalized spacial score (nSPS) is 23.5. The van der Waals surface area contributed by atoms with Crippen molar-refractivity contribution < 1.29 is 23.9 Å². The predicted octanol–water partition coefficient (Wildman–Crippen LogP) is 3.38. The number of piperidine rings is 1. The third kappa shape index (κ3) is 5.82. The van der Waals surface area contributed by atoms with Gasteiger partial charge in [0.1, 0.15) is 6.04 Å². The molecular formula is C28H36N2O5. The third-order valence-electron chi connectivity index (χ3n) is 7.49. The van der Waals surface area contributed by atoms with Gasteiger partial charge in [-0.15, -0.1) is 0 Å². The minimum atomic E-state index is -0.981. The maximum atomic E-state index is 13.1. The second-order valence-corrected chi connectivity index (χ2v) is 10.5. The van der Waals surface area contributed by atoms with Crippen molar-refractivity contribution in [3.63, 3.8) is 0 Å². The lowest BCUT2D eigenvalue weighted by Gasteiger charge is -2.32. The van der Waals surface area contributed by atoms with E-state index in [1.807, 2.05) is 44.2 Å². The van der Waals surface area contributed by atoms with Crippen LogP contribution in [0, 0.1) is 23.7 Å². The number of imide groups is 1. The van der Waals surface area contributed by atoms with E-state index in [-0.39, 0.29) is 30.2 Å². The summed E-state index contributed by atoms with van der Waals surface area (Å²) in [7, 11) is 0. The lowest BCUT2D eigenvalue weighted by molar-refractivity contribution is -0.162. The van der Waals surface area contributed by atoms with E-state index in [0.29, 0.717) is 38.3 Å². The average Bonchev–Trinajstić information content (AvgIpc) is 3.11. The Kier molecular flexibility index (Phi) is 8.04. The fourth-order valence-electron chi connectivity index (χ4n) is 5.54. The van der Waals surface area contributed by atoms with Crippen molar-refractivity contribution in [3.05, 3.63) is 48.0 Å². The van der Waals surface area contributed by atoms with Crippen molar-refractivity contribution in [3.8, 4) is 0 Å². The van der Waals surface area contributed by atoms with Gasteiger partial charge in [0.2, 0.25) is 11.8 Å². The van der Waals surface area contributed by atoms with Crippen molar-refractivity contribution in [1.82, 2.24) is 9.80 Å². The molecule has 2 heterocycles. The molecule has 1 aromatic carbocycles. The molecule has 1 aromatic rings. The first-order chi connectivity index (χ1) is 16.8. The number of nitrogens with zero attached hydrogens (tertiary/aromatic N) is 2. The highest BCUT2D eigenvalue weighted by molar-refractivity contribution is 6.08. The quantitative estimate of drug-likeness (QED) is 0.324. The molecule has 2 aliphatic heterocycles. The highest BCUT2D eigenvalue weighted by atomic mass is 16.5. The van der Waals surface area contributed by atoms with E-state index in [1.54, 1.807) is 4.90 Å². The number of ether oxygens (including phenoxy) is 1. The first-order valence-corrected chi connectivity index (χ1v) is 12.9. The zero-order valence-corrected chi connectivity index (χ0v) is 20.7. The number of esters is 1. The van der Waals surface area contributed by atoms with Gasteiger partial charge in [-0.25, -0.2) is 4.79 Å². The first kappa shape index (κ1) is 25.1. The molecule has 0 N–H and O–H groups in total. The van der Waals surface area contributed by atoms with Crippen LogP contribution in [0.25, 0.3) is 0 Å². The van der Waals surface area contributed by atoms with Gasteiger partial charge < -0.3 is 9.64 Å². The minimum Gasteiger partial charge on any atom is -0.454 e. The van der Waals surface area contributed by atoms with Crippen LogP contribution in [0.4, 0.5) is 0 Å². The molecule has 3 unspecified atom stereocenters. The molecule has 0 spiro atoms. The Balaban J connectivity index is 1.31. The van der Waals surface area contributed by atoms with Gasteiger partial charge in [-0.2, -0.15) is 0 Å². The van der Waals surface area contributed by atoms with Crippen LogP contribution in [0.15, 0.2) is 42.5 Å². The van der Waals surface area contributed by atoms with Crippen LogP contribution in [0.2, 0.25) is 0 Å². The van der Waals surface area contributed by atoms with Gasteiger partial charge in [0, 0.05) is 13.1 Å². The molecule has 2 fully saturated rings. The Bertz CT molecular complexity index is 939. The molecular weight excluding hydrogens is 444 g/mol. The van der Waals surface area contributed by atoms with Crippen LogP contribution in [0.1, 0.15) is 51.5 Å². The van der Waals surface area contributed by atoms with Crippen LogP contribution in [0.3, 0.4) is 0 Å². The molecule has 3 amide bonds. The lowest BCUT2D eigenvalue weighted by atomic mass is 9.85. The van der Waals surface area contributed by atoms with Gasteiger partial charge in [-0.05, 0) is 55.9 Å². The Labute approximate surface area is 207 Å². The van der Waals surface area contributed by atoms with Crippen molar-refractivity contribution in [2.45, 2.75) is 58.4 Å². The molecule has 3 aliphatic rings. The second kappa shape index (κ2) is 11.2. The highest BCUT2D eigenvalue weighted by Crippen LogP contribution is 2.37. The van der Waals surface area contributed by atoms with Crippen molar-refractivity contribution in [2.75, 3.05) is 19.7 Å². The summed E-state index contributed by atoms with van der Waals surface area (Å²) in [4.78, 5) is 54.7. The first-order valence-electron chi connectivity index (χ1n) is 12.9. The Morgan fingerprint density at radius 2 is 1.57 bits per heavy atom. The largest absolute Gasteiger partial charge is 0.454 e. The predicted molar refractivity (Wildman–Crippen MR) is 131 cm³/mol. The summed E-state index contributed by atoms with van der Waals surface area (Å²) in [5.74, 6) is -1.66. The minimum absolute atomic E-state index is 0.0771. The Morgan fingerprint density at radius 1 is 0.971 bits per heavy atom. The fourth-order valence-corrected chi connectivity index (χ4v) is 5.54. The monoisotopic (exact) mass is 480 g/mol. The molecule has 0 saturated carbocycles. The van der Waals surface area contributed by atoms with Crippen molar-refractivity contribution in [2.24, 2.45) is 23.7 Å². The average molecular weight is 481 g/mol. The summed E-state index contributed by atoms with van der Waals surface area (Å²) in [6, 6.07) is 9.38. The molecule has 188 valence electrons. The van der Waals surface area contributed by atoms with E-state index < -0.39 is 23.8 Å². The molecule has 3 atom stereocenters. The number of carbonyl (C=O) groups is 4. The summed E-state index contributed by atoms with van der Waals surface area (Å²) in [6.45, 7) is 4.79. The van der Waals surface area contributed by atoms with Gasteiger partial charge in [0.25, 0.3) is 5.91 Å². The zero-order chi connectivity index (χ0) is 24.9. The Hall–Kier alpha value is -2.96.